The molecule has 1 aliphatic carbocycles. The molecule has 3 amide bonds. The van der Waals surface area contributed by atoms with Crippen molar-refractivity contribution in [1.29, 1.82) is 0 Å². The molecule has 0 bridgehead atoms. The highest BCUT2D eigenvalue weighted by atomic mass is 16.3. The number of aliphatic hydroxyl groups is 1. The van der Waals surface area contributed by atoms with E-state index in [0.717, 1.165) is 0 Å². The molecule has 8 heteroatoms. The van der Waals surface area contributed by atoms with Gasteiger partial charge in [0, 0.05) is 31.2 Å². The summed E-state index contributed by atoms with van der Waals surface area (Å²) >= 11 is 0. The van der Waals surface area contributed by atoms with Crippen molar-refractivity contribution < 1.29 is 19.5 Å². The van der Waals surface area contributed by atoms with Crippen molar-refractivity contribution in [3.8, 4) is 0 Å². The summed E-state index contributed by atoms with van der Waals surface area (Å²) in [5, 5.41) is 15.4. The normalized spacial score (nSPS) is 28.0. The topological polar surface area (TPSA) is 115 Å². The van der Waals surface area contributed by atoms with Gasteiger partial charge in [-0.15, -0.1) is 0 Å². The Morgan fingerprint density at radius 1 is 1.26 bits per heavy atom. The maximum Gasteiger partial charge on any atom is 0.267 e. The predicted molar refractivity (Wildman–Crippen MR) is 98.8 cm³/mol. The van der Waals surface area contributed by atoms with Crippen molar-refractivity contribution in [1.82, 2.24) is 20.5 Å². The minimum absolute atomic E-state index is 0.0465. The SMILES string of the molecule is CCNC(=O)[C@@H]1C[C@H](NC(=O)c2ccc[nH]2)CN1C(=O)C1CCC(O)CC1. The Balaban J connectivity index is 1.68. The third kappa shape index (κ3) is 4.50. The van der Waals surface area contributed by atoms with E-state index in [2.05, 4.69) is 15.6 Å². The molecule has 0 unspecified atom stereocenters. The molecule has 0 spiro atoms. The van der Waals surface area contributed by atoms with Gasteiger partial charge in [-0.25, -0.2) is 0 Å². The summed E-state index contributed by atoms with van der Waals surface area (Å²) in [5.74, 6) is -0.633. The molecule has 1 aromatic heterocycles. The van der Waals surface area contributed by atoms with E-state index in [1.165, 1.54) is 0 Å². The number of likely N-dealkylation sites (tertiary alicyclic amines) is 1. The third-order valence-electron chi connectivity index (χ3n) is 5.46. The monoisotopic (exact) mass is 376 g/mol. The van der Waals surface area contributed by atoms with Gasteiger partial charge in [0.05, 0.1) is 6.10 Å². The molecule has 0 aromatic carbocycles. The zero-order valence-electron chi connectivity index (χ0n) is 15.6. The molecule has 27 heavy (non-hydrogen) atoms. The fourth-order valence-corrected chi connectivity index (χ4v) is 4.02. The molecule has 1 aliphatic heterocycles. The van der Waals surface area contributed by atoms with Gasteiger partial charge in [-0.3, -0.25) is 14.4 Å². The van der Waals surface area contributed by atoms with Gasteiger partial charge in [-0.1, -0.05) is 0 Å². The number of H-pyrrole nitrogens is 1. The van der Waals surface area contributed by atoms with E-state index in [1.54, 1.807) is 23.2 Å². The Morgan fingerprint density at radius 2 is 2.00 bits per heavy atom. The van der Waals surface area contributed by atoms with Crippen LogP contribution in [0.2, 0.25) is 0 Å². The summed E-state index contributed by atoms with van der Waals surface area (Å²) in [7, 11) is 0. The Labute approximate surface area is 158 Å². The van der Waals surface area contributed by atoms with E-state index in [1.807, 2.05) is 6.92 Å². The smallest absolute Gasteiger partial charge is 0.267 e. The second kappa shape index (κ2) is 8.56. The zero-order chi connectivity index (χ0) is 19.4. The second-order valence-electron chi connectivity index (χ2n) is 7.40. The predicted octanol–water partition coefficient (Wildman–Crippen LogP) is 0.401. The van der Waals surface area contributed by atoms with Crippen LogP contribution in [0, 0.1) is 5.92 Å². The first-order valence-corrected chi connectivity index (χ1v) is 9.70. The van der Waals surface area contributed by atoms with Crippen LogP contribution in [0.4, 0.5) is 0 Å². The number of aromatic nitrogens is 1. The van der Waals surface area contributed by atoms with Crippen LogP contribution in [0.25, 0.3) is 0 Å². The number of nitrogens with one attached hydrogen (secondary N) is 3. The molecule has 1 saturated heterocycles. The van der Waals surface area contributed by atoms with Crippen LogP contribution in [0.3, 0.4) is 0 Å². The molecule has 2 heterocycles. The molecule has 3 rings (SSSR count). The number of carbonyl (C=O) groups excluding carboxylic acids is 3. The van der Waals surface area contributed by atoms with Crippen LogP contribution >= 0.6 is 0 Å². The van der Waals surface area contributed by atoms with E-state index < -0.39 is 6.04 Å². The number of amides is 3. The van der Waals surface area contributed by atoms with Gasteiger partial charge in [-0.05, 0) is 51.2 Å². The molecule has 1 saturated carbocycles. The summed E-state index contributed by atoms with van der Waals surface area (Å²) < 4.78 is 0. The van der Waals surface area contributed by atoms with Crippen LogP contribution in [0.5, 0.6) is 0 Å². The van der Waals surface area contributed by atoms with E-state index in [4.69, 9.17) is 0 Å². The number of carbonyl (C=O) groups is 3. The van der Waals surface area contributed by atoms with Gasteiger partial charge in [-0.2, -0.15) is 0 Å². The first kappa shape index (κ1) is 19.4. The van der Waals surface area contributed by atoms with Crippen LogP contribution < -0.4 is 10.6 Å². The van der Waals surface area contributed by atoms with Crippen molar-refractivity contribution >= 4 is 17.7 Å². The van der Waals surface area contributed by atoms with Crippen molar-refractivity contribution in [3.05, 3.63) is 24.0 Å². The van der Waals surface area contributed by atoms with E-state index in [9.17, 15) is 19.5 Å². The zero-order valence-corrected chi connectivity index (χ0v) is 15.6. The number of likely N-dealkylation sites (N-methyl/N-ethyl adjacent to an activating group) is 1. The molecule has 2 atom stereocenters. The maximum absolute atomic E-state index is 13.0. The molecular formula is C19H28N4O4. The van der Waals surface area contributed by atoms with E-state index in [0.29, 0.717) is 50.9 Å². The van der Waals surface area contributed by atoms with Crippen molar-refractivity contribution in [3.63, 3.8) is 0 Å². The van der Waals surface area contributed by atoms with E-state index >= 15 is 0 Å². The highest BCUT2D eigenvalue weighted by Crippen LogP contribution is 2.29. The summed E-state index contributed by atoms with van der Waals surface area (Å²) in [6, 6.07) is 2.58. The Hall–Kier alpha value is -2.35. The summed E-state index contributed by atoms with van der Waals surface area (Å²) in [5.41, 5.74) is 0.454. The molecule has 1 aromatic rings. The highest BCUT2D eigenvalue weighted by molar-refractivity contribution is 5.93. The van der Waals surface area contributed by atoms with Crippen LogP contribution in [0.15, 0.2) is 18.3 Å². The quantitative estimate of drug-likeness (QED) is 0.595. The average Bonchev–Trinajstić information content (AvgIpc) is 3.32. The lowest BCUT2D eigenvalue weighted by Gasteiger charge is -2.31. The molecular weight excluding hydrogens is 348 g/mol. The lowest BCUT2D eigenvalue weighted by molar-refractivity contribution is -0.142. The third-order valence-corrected chi connectivity index (χ3v) is 5.46. The minimum atomic E-state index is -0.571. The number of rotatable bonds is 5. The Bertz CT molecular complexity index is 667. The summed E-state index contributed by atoms with van der Waals surface area (Å²) in [6.45, 7) is 2.66. The van der Waals surface area contributed by atoms with Gasteiger partial charge < -0.3 is 25.6 Å². The minimum Gasteiger partial charge on any atom is -0.393 e. The number of aromatic amines is 1. The lowest BCUT2D eigenvalue weighted by atomic mass is 9.86. The first-order valence-electron chi connectivity index (χ1n) is 9.70. The van der Waals surface area contributed by atoms with Crippen LogP contribution in [-0.2, 0) is 9.59 Å². The van der Waals surface area contributed by atoms with Crippen molar-refractivity contribution in [2.75, 3.05) is 13.1 Å². The van der Waals surface area contributed by atoms with Crippen molar-refractivity contribution in [2.45, 2.75) is 57.2 Å². The second-order valence-corrected chi connectivity index (χ2v) is 7.40. The van der Waals surface area contributed by atoms with Gasteiger partial charge in [0.1, 0.15) is 11.7 Å². The first-order chi connectivity index (χ1) is 13.0. The van der Waals surface area contributed by atoms with Gasteiger partial charge in [0.25, 0.3) is 5.91 Å². The highest BCUT2D eigenvalue weighted by Gasteiger charge is 2.42. The molecule has 148 valence electrons. The number of nitrogens with zero attached hydrogens (tertiary/aromatic N) is 1. The van der Waals surface area contributed by atoms with Gasteiger partial charge >= 0.3 is 0 Å². The number of hydrogen-bond acceptors (Lipinski definition) is 4. The van der Waals surface area contributed by atoms with Crippen molar-refractivity contribution in [2.24, 2.45) is 5.92 Å². The maximum atomic E-state index is 13.0. The largest absolute Gasteiger partial charge is 0.393 e. The average molecular weight is 376 g/mol. The Kier molecular flexibility index (Phi) is 6.15. The summed E-state index contributed by atoms with van der Waals surface area (Å²) in [4.78, 5) is 42.3. The summed E-state index contributed by atoms with van der Waals surface area (Å²) in [6.07, 6.45) is 4.25. The fraction of sp³-hybridized carbons (Fsp3) is 0.632. The standard InChI is InChI=1S/C19H28N4O4/c1-2-20-18(26)16-10-13(22-17(25)15-4-3-9-21-15)11-23(16)19(27)12-5-7-14(24)8-6-12/h3-4,9,12-14,16,21,24H,2,5-8,10-11H2,1H3,(H,20,26)(H,22,25)/t12?,13-,14?,16-/m0/s1. The molecule has 4 N–H and O–H groups in total. The van der Waals surface area contributed by atoms with Gasteiger partial charge in [0.15, 0.2) is 0 Å². The molecule has 2 fully saturated rings. The van der Waals surface area contributed by atoms with Gasteiger partial charge in [0.2, 0.25) is 11.8 Å². The Morgan fingerprint density at radius 3 is 2.63 bits per heavy atom. The lowest BCUT2D eigenvalue weighted by Crippen LogP contribution is -2.48. The molecule has 2 aliphatic rings. The number of hydrogen-bond donors (Lipinski definition) is 4. The van der Waals surface area contributed by atoms with Crippen LogP contribution in [-0.4, -0.2) is 64.0 Å². The van der Waals surface area contributed by atoms with Crippen LogP contribution in [0.1, 0.15) is 49.5 Å². The number of aliphatic hydroxyl groups excluding tert-OH is 1. The fourth-order valence-electron chi connectivity index (χ4n) is 4.02. The molecule has 0 radical (unpaired) electrons. The van der Waals surface area contributed by atoms with E-state index in [-0.39, 0.29) is 35.8 Å². The molecule has 8 nitrogen and oxygen atoms in total.